The van der Waals surface area contributed by atoms with E-state index in [1.807, 2.05) is 18.2 Å². The summed E-state index contributed by atoms with van der Waals surface area (Å²) in [5.41, 5.74) is 8.10. The highest BCUT2D eigenvalue weighted by Gasteiger charge is 2.47. The number of para-hydroxylation sites is 1. The van der Waals surface area contributed by atoms with Gasteiger partial charge >= 0.3 is 0 Å². The molecule has 1 heterocycles. The van der Waals surface area contributed by atoms with Crippen molar-refractivity contribution in [2.24, 2.45) is 5.73 Å². The van der Waals surface area contributed by atoms with Gasteiger partial charge in [-0.05, 0) is 31.4 Å². The normalized spacial score (nSPS) is 17.3. The van der Waals surface area contributed by atoms with E-state index in [1.54, 1.807) is 0 Å². The number of hydrogen-bond acceptors (Lipinski definition) is 2. The van der Waals surface area contributed by atoms with Crippen molar-refractivity contribution in [3.63, 3.8) is 0 Å². The first kappa shape index (κ1) is 12.0. The molecule has 0 saturated heterocycles. The third-order valence-electron chi connectivity index (χ3n) is 3.88. The summed E-state index contributed by atoms with van der Waals surface area (Å²) in [5.74, 6) is 1.13. The molecule has 2 N–H and O–H groups in total. The van der Waals surface area contributed by atoms with Gasteiger partial charge in [-0.3, -0.25) is 0 Å². The topological polar surface area (TPSA) is 43.8 Å². The van der Waals surface area contributed by atoms with E-state index in [0.717, 1.165) is 47.7 Å². The quantitative estimate of drug-likeness (QED) is 0.921. The second-order valence-electron chi connectivity index (χ2n) is 5.18. The lowest BCUT2D eigenvalue weighted by Gasteiger charge is -2.15. The highest BCUT2D eigenvalue weighted by Crippen LogP contribution is 2.47. The molecule has 3 nitrogen and oxygen atoms in total. The molecule has 1 aromatic heterocycles. The summed E-state index contributed by atoms with van der Waals surface area (Å²) in [4.78, 5) is 4.80. The van der Waals surface area contributed by atoms with E-state index in [2.05, 4.69) is 11.5 Å². The zero-order valence-corrected chi connectivity index (χ0v) is 11.4. The number of nitrogens with two attached hydrogens (primary N) is 1. The Morgan fingerprint density at radius 3 is 2.83 bits per heavy atom. The van der Waals surface area contributed by atoms with Crippen molar-refractivity contribution in [3.8, 4) is 0 Å². The lowest BCUT2D eigenvalue weighted by molar-refractivity contribution is 0.572. The van der Waals surface area contributed by atoms with E-state index in [1.165, 1.54) is 0 Å². The summed E-state index contributed by atoms with van der Waals surface area (Å²) < 4.78 is 2.28. The highest BCUT2D eigenvalue weighted by molar-refractivity contribution is 6.35. The number of benzene rings is 1. The van der Waals surface area contributed by atoms with E-state index in [-0.39, 0.29) is 5.41 Å². The minimum Gasteiger partial charge on any atom is -0.329 e. The van der Waals surface area contributed by atoms with Gasteiger partial charge in [-0.1, -0.05) is 24.6 Å². The van der Waals surface area contributed by atoms with Crippen LogP contribution < -0.4 is 5.73 Å². The van der Waals surface area contributed by atoms with Crippen LogP contribution in [0.3, 0.4) is 0 Å². The average Bonchev–Trinajstić information content (AvgIpc) is 3.08. The fraction of sp³-hybridized carbons (Fsp3) is 0.500. The van der Waals surface area contributed by atoms with Crippen LogP contribution in [0.1, 0.15) is 32.0 Å². The van der Waals surface area contributed by atoms with Crippen LogP contribution in [-0.4, -0.2) is 16.1 Å². The second-order valence-corrected chi connectivity index (χ2v) is 5.59. The number of aromatic nitrogens is 2. The van der Waals surface area contributed by atoms with Gasteiger partial charge in [0.2, 0.25) is 0 Å². The fourth-order valence-electron chi connectivity index (χ4n) is 2.66. The molecule has 96 valence electrons. The zero-order valence-electron chi connectivity index (χ0n) is 10.6. The Bertz CT molecular complexity index is 584. The molecule has 2 aromatic rings. The largest absolute Gasteiger partial charge is 0.329 e. The second kappa shape index (κ2) is 4.25. The van der Waals surface area contributed by atoms with E-state index in [9.17, 15) is 0 Å². The summed E-state index contributed by atoms with van der Waals surface area (Å²) in [6.45, 7) is 3.81. The Labute approximate surface area is 112 Å². The smallest absolute Gasteiger partial charge is 0.117 e. The monoisotopic (exact) mass is 263 g/mol. The third-order valence-corrected chi connectivity index (χ3v) is 4.19. The van der Waals surface area contributed by atoms with Crippen LogP contribution in [0.15, 0.2) is 18.2 Å². The van der Waals surface area contributed by atoms with Crippen molar-refractivity contribution in [2.45, 2.75) is 38.1 Å². The van der Waals surface area contributed by atoms with Gasteiger partial charge in [0, 0.05) is 18.5 Å². The predicted molar refractivity (Wildman–Crippen MR) is 75.0 cm³/mol. The Balaban J connectivity index is 2.25. The molecule has 0 atom stereocenters. The molecule has 1 aliphatic rings. The van der Waals surface area contributed by atoms with E-state index in [4.69, 9.17) is 22.3 Å². The lowest BCUT2D eigenvalue weighted by Crippen LogP contribution is -2.24. The minimum atomic E-state index is 0.109. The number of imidazole rings is 1. The van der Waals surface area contributed by atoms with Crippen LogP contribution >= 0.6 is 11.6 Å². The molecule has 0 bridgehead atoms. The van der Waals surface area contributed by atoms with Crippen molar-refractivity contribution in [1.82, 2.24) is 9.55 Å². The first-order valence-corrected chi connectivity index (χ1v) is 6.95. The van der Waals surface area contributed by atoms with Crippen LogP contribution in [0, 0.1) is 0 Å². The van der Waals surface area contributed by atoms with Gasteiger partial charge in [0.15, 0.2) is 0 Å². The lowest BCUT2D eigenvalue weighted by atomic mass is 10.1. The minimum absolute atomic E-state index is 0.109. The Hall–Kier alpha value is -1.06. The number of fused-ring (bicyclic) bond motifs is 1. The zero-order chi connectivity index (χ0) is 12.8. The van der Waals surface area contributed by atoms with Crippen LogP contribution in [0.25, 0.3) is 11.0 Å². The summed E-state index contributed by atoms with van der Waals surface area (Å²) in [6.07, 6.45) is 3.37. The van der Waals surface area contributed by atoms with E-state index >= 15 is 0 Å². The maximum absolute atomic E-state index is 6.33. The Kier molecular flexibility index (Phi) is 2.83. The first-order valence-electron chi connectivity index (χ1n) is 6.57. The van der Waals surface area contributed by atoms with Gasteiger partial charge in [-0.2, -0.15) is 0 Å². The van der Waals surface area contributed by atoms with Crippen molar-refractivity contribution >= 4 is 22.6 Å². The summed E-state index contributed by atoms with van der Waals surface area (Å²) in [5, 5.41) is 0.785. The Morgan fingerprint density at radius 2 is 2.22 bits per heavy atom. The standard InChI is InChI=1S/C14H18ClN3/c1-2-8-18-12-10(15)4-3-5-11(12)17-13(18)14(9-16)6-7-14/h3-5H,2,6-9,16H2,1H3. The summed E-state index contributed by atoms with van der Waals surface area (Å²) >= 11 is 6.33. The molecular weight excluding hydrogens is 246 g/mol. The van der Waals surface area contributed by atoms with Gasteiger partial charge in [0.25, 0.3) is 0 Å². The molecule has 1 saturated carbocycles. The molecule has 0 spiro atoms. The van der Waals surface area contributed by atoms with Crippen molar-refractivity contribution < 1.29 is 0 Å². The third kappa shape index (κ3) is 1.65. The highest BCUT2D eigenvalue weighted by atomic mass is 35.5. The fourth-order valence-corrected chi connectivity index (χ4v) is 2.93. The summed E-state index contributed by atoms with van der Waals surface area (Å²) in [7, 11) is 0. The van der Waals surface area contributed by atoms with Crippen molar-refractivity contribution in [3.05, 3.63) is 29.0 Å². The van der Waals surface area contributed by atoms with Gasteiger partial charge in [-0.15, -0.1) is 0 Å². The van der Waals surface area contributed by atoms with Crippen LogP contribution in [0.2, 0.25) is 5.02 Å². The van der Waals surface area contributed by atoms with Crippen molar-refractivity contribution in [2.75, 3.05) is 6.54 Å². The summed E-state index contributed by atoms with van der Waals surface area (Å²) in [6, 6.07) is 5.92. The van der Waals surface area contributed by atoms with Gasteiger partial charge in [0.05, 0.1) is 16.1 Å². The van der Waals surface area contributed by atoms with E-state index in [0.29, 0.717) is 6.54 Å². The molecule has 3 rings (SSSR count). The number of halogens is 1. The van der Waals surface area contributed by atoms with Crippen molar-refractivity contribution in [1.29, 1.82) is 0 Å². The van der Waals surface area contributed by atoms with E-state index < -0.39 is 0 Å². The maximum atomic E-state index is 6.33. The molecule has 0 amide bonds. The molecule has 0 aliphatic heterocycles. The number of aryl methyl sites for hydroxylation is 1. The van der Waals surface area contributed by atoms with Crippen LogP contribution in [-0.2, 0) is 12.0 Å². The predicted octanol–water partition coefficient (Wildman–Crippen LogP) is 3.09. The molecule has 4 heteroatoms. The molecule has 1 fully saturated rings. The van der Waals surface area contributed by atoms with Gasteiger partial charge in [-0.25, -0.2) is 4.98 Å². The maximum Gasteiger partial charge on any atom is 0.117 e. The number of nitrogens with zero attached hydrogens (tertiary/aromatic N) is 2. The number of hydrogen-bond donors (Lipinski definition) is 1. The van der Waals surface area contributed by atoms with Crippen LogP contribution in [0.4, 0.5) is 0 Å². The Morgan fingerprint density at radius 1 is 1.44 bits per heavy atom. The molecule has 0 unspecified atom stereocenters. The van der Waals surface area contributed by atoms with Gasteiger partial charge < -0.3 is 10.3 Å². The average molecular weight is 264 g/mol. The molecule has 0 radical (unpaired) electrons. The first-order chi connectivity index (χ1) is 8.72. The molecule has 1 aliphatic carbocycles. The van der Waals surface area contributed by atoms with Crippen LogP contribution in [0.5, 0.6) is 0 Å². The molecule has 18 heavy (non-hydrogen) atoms. The molecule has 1 aromatic carbocycles. The SMILES string of the molecule is CCCn1c(C2(CN)CC2)nc2cccc(Cl)c21. The number of rotatable bonds is 4. The molecular formula is C14H18ClN3. The van der Waals surface area contributed by atoms with Gasteiger partial charge in [0.1, 0.15) is 5.82 Å².